The van der Waals surface area contributed by atoms with Gasteiger partial charge in [0.15, 0.2) is 0 Å². The van der Waals surface area contributed by atoms with Crippen molar-refractivity contribution in [1.29, 1.82) is 0 Å². The van der Waals surface area contributed by atoms with Gasteiger partial charge < -0.3 is 13.6 Å². The largest absolute Gasteiger partial charge is 0.456 e. The quantitative estimate of drug-likeness (QED) is 0.186. The number of hydrogen-bond acceptors (Lipinski definition) is 1. The van der Waals surface area contributed by atoms with Crippen molar-refractivity contribution in [2.45, 2.75) is 0 Å². The first-order valence-corrected chi connectivity index (χ1v) is 17.4. The maximum atomic E-state index is 6.35. The minimum absolute atomic E-state index is 0.912. The molecule has 238 valence electrons. The number of benzene rings is 8. The van der Waals surface area contributed by atoms with E-state index in [4.69, 9.17) is 4.42 Å². The molecule has 0 saturated carbocycles. The van der Waals surface area contributed by atoms with Crippen LogP contribution in [0.3, 0.4) is 0 Å². The van der Waals surface area contributed by atoms with E-state index in [0.29, 0.717) is 0 Å². The van der Waals surface area contributed by atoms with E-state index in [0.717, 1.165) is 33.4 Å². The van der Waals surface area contributed by atoms with Gasteiger partial charge >= 0.3 is 0 Å². The molecule has 0 amide bonds. The Morgan fingerprint density at radius 3 is 1.49 bits per heavy atom. The molecule has 3 aromatic heterocycles. The van der Waals surface area contributed by atoms with E-state index < -0.39 is 0 Å². The van der Waals surface area contributed by atoms with E-state index in [9.17, 15) is 0 Å². The maximum Gasteiger partial charge on any atom is 0.136 e. The van der Waals surface area contributed by atoms with Crippen molar-refractivity contribution >= 4 is 65.6 Å². The molecule has 0 saturated heterocycles. The number of aromatic nitrogens is 2. The fourth-order valence-electron chi connectivity index (χ4n) is 8.22. The van der Waals surface area contributed by atoms with Crippen molar-refractivity contribution in [1.82, 2.24) is 9.13 Å². The standard InChI is InChI=1S/C48H30N2O/c1-2-10-31(11-3-1)34-22-27-39-44(30-34)50(43-28-29-46-48(47(39)43)40-14-6-9-17-45(40)51-46)36-25-20-33(21-26-36)32-18-23-35(24-19-32)49-41-15-7-4-12-37(41)38-13-5-8-16-42(38)49/h1-30H. The number of para-hydroxylation sites is 3. The fourth-order valence-corrected chi connectivity index (χ4v) is 8.22. The maximum absolute atomic E-state index is 6.35. The fraction of sp³-hybridized carbons (Fsp3) is 0. The molecular formula is C48H30N2O. The molecule has 0 aliphatic heterocycles. The monoisotopic (exact) mass is 650 g/mol. The minimum Gasteiger partial charge on any atom is -0.456 e. The van der Waals surface area contributed by atoms with Crippen LogP contribution in [0.2, 0.25) is 0 Å². The molecule has 0 atom stereocenters. The van der Waals surface area contributed by atoms with E-state index in [1.54, 1.807) is 0 Å². The third kappa shape index (κ3) is 4.19. The van der Waals surface area contributed by atoms with Crippen molar-refractivity contribution in [2.75, 3.05) is 0 Å². The van der Waals surface area contributed by atoms with Crippen LogP contribution < -0.4 is 0 Å². The molecule has 0 aliphatic carbocycles. The van der Waals surface area contributed by atoms with Gasteiger partial charge in [0, 0.05) is 43.7 Å². The summed E-state index contributed by atoms with van der Waals surface area (Å²) >= 11 is 0. The van der Waals surface area contributed by atoms with Crippen LogP contribution in [0.4, 0.5) is 0 Å². The third-order valence-electron chi connectivity index (χ3n) is 10.5. The van der Waals surface area contributed by atoms with Crippen LogP contribution in [0.5, 0.6) is 0 Å². The Labute approximate surface area is 293 Å². The summed E-state index contributed by atoms with van der Waals surface area (Å²) in [6.45, 7) is 0. The molecule has 0 unspecified atom stereocenters. The lowest BCUT2D eigenvalue weighted by molar-refractivity contribution is 0.669. The van der Waals surface area contributed by atoms with E-state index in [1.165, 1.54) is 65.7 Å². The zero-order valence-electron chi connectivity index (χ0n) is 27.6. The summed E-state index contributed by atoms with van der Waals surface area (Å²) in [7, 11) is 0. The van der Waals surface area contributed by atoms with Crippen LogP contribution in [-0.2, 0) is 0 Å². The molecule has 0 N–H and O–H groups in total. The van der Waals surface area contributed by atoms with Crippen molar-refractivity contribution in [3.8, 4) is 33.6 Å². The summed E-state index contributed by atoms with van der Waals surface area (Å²) in [6.07, 6.45) is 0. The first-order valence-electron chi connectivity index (χ1n) is 17.4. The summed E-state index contributed by atoms with van der Waals surface area (Å²) < 4.78 is 11.1. The lowest BCUT2D eigenvalue weighted by Crippen LogP contribution is -1.95. The molecule has 3 heterocycles. The molecule has 0 spiro atoms. The Morgan fingerprint density at radius 1 is 0.294 bits per heavy atom. The predicted molar refractivity (Wildman–Crippen MR) is 213 cm³/mol. The smallest absolute Gasteiger partial charge is 0.136 e. The number of nitrogens with zero attached hydrogens (tertiary/aromatic N) is 2. The second-order valence-corrected chi connectivity index (χ2v) is 13.3. The highest BCUT2D eigenvalue weighted by Gasteiger charge is 2.19. The SMILES string of the molecule is c1ccc(-c2ccc3c4c5c(ccc4n(-c4ccc(-c6ccc(-n7c8ccccc8c8ccccc87)cc6)cc4)c3c2)oc2ccccc25)cc1. The highest BCUT2D eigenvalue weighted by molar-refractivity contribution is 6.27. The molecule has 0 bridgehead atoms. The second kappa shape index (κ2) is 10.8. The Balaban J connectivity index is 1.05. The molecule has 0 radical (unpaired) electrons. The van der Waals surface area contributed by atoms with Gasteiger partial charge in [-0.3, -0.25) is 0 Å². The number of furan rings is 1. The van der Waals surface area contributed by atoms with Gasteiger partial charge in [0.1, 0.15) is 11.2 Å². The molecule has 11 aromatic rings. The number of fused-ring (bicyclic) bond motifs is 10. The molecule has 51 heavy (non-hydrogen) atoms. The summed E-state index contributed by atoms with van der Waals surface area (Å²) in [5.41, 5.74) is 13.7. The van der Waals surface area contributed by atoms with Crippen LogP contribution >= 0.6 is 0 Å². The average molecular weight is 651 g/mol. The van der Waals surface area contributed by atoms with Crippen molar-refractivity contribution in [3.05, 3.63) is 182 Å². The minimum atomic E-state index is 0.912. The predicted octanol–water partition coefficient (Wildman–Crippen LogP) is 13.1. The Hall–Kier alpha value is -6.84. The lowest BCUT2D eigenvalue weighted by Gasteiger charge is -2.11. The van der Waals surface area contributed by atoms with Gasteiger partial charge in [-0.25, -0.2) is 0 Å². The highest BCUT2D eigenvalue weighted by Crippen LogP contribution is 2.42. The van der Waals surface area contributed by atoms with Crippen LogP contribution in [0, 0.1) is 0 Å². The van der Waals surface area contributed by atoms with E-state index in [2.05, 4.69) is 185 Å². The topological polar surface area (TPSA) is 23.0 Å². The number of hydrogen-bond donors (Lipinski definition) is 0. The normalized spacial score (nSPS) is 11.9. The van der Waals surface area contributed by atoms with Gasteiger partial charge in [-0.1, -0.05) is 121 Å². The van der Waals surface area contributed by atoms with Gasteiger partial charge in [-0.15, -0.1) is 0 Å². The summed E-state index contributed by atoms with van der Waals surface area (Å²) in [6, 6.07) is 65.4. The van der Waals surface area contributed by atoms with Gasteiger partial charge in [0.2, 0.25) is 0 Å². The summed E-state index contributed by atoms with van der Waals surface area (Å²) in [5, 5.41) is 7.29. The number of rotatable bonds is 4. The third-order valence-corrected chi connectivity index (χ3v) is 10.5. The Kier molecular flexibility index (Phi) is 5.96. The Morgan fingerprint density at radius 2 is 0.824 bits per heavy atom. The van der Waals surface area contributed by atoms with E-state index in [1.807, 2.05) is 6.07 Å². The van der Waals surface area contributed by atoms with Crippen LogP contribution in [0.25, 0.3) is 99.2 Å². The van der Waals surface area contributed by atoms with E-state index in [-0.39, 0.29) is 0 Å². The van der Waals surface area contributed by atoms with Crippen molar-refractivity contribution < 1.29 is 4.42 Å². The average Bonchev–Trinajstić information content (AvgIpc) is 3.86. The van der Waals surface area contributed by atoms with Crippen LogP contribution in [0.15, 0.2) is 186 Å². The Bertz CT molecular complexity index is 3050. The van der Waals surface area contributed by atoms with Gasteiger partial charge in [-0.05, 0) is 82.9 Å². The first kappa shape index (κ1) is 28.0. The summed E-state index contributed by atoms with van der Waals surface area (Å²) in [4.78, 5) is 0. The van der Waals surface area contributed by atoms with Crippen LogP contribution in [0.1, 0.15) is 0 Å². The molecule has 0 fully saturated rings. The lowest BCUT2D eigenvalue weighted by atomic mass is 10.0. The molecule has 3 heteroatoms. The first-order chi connectivity index (χ1) is 25.3. The molecule has 8 aromatic carbocycles. The zero-order chi connectivity index (χ0) is 33.5. The highest BCUT2D eigenvalue weighted by atomic mass is 16.3. The summed E-state index contributed by atoms with van der Waals surface area (Å²) in [5.74, 6) is 0. The second-order valence-electron chi connectivity index (χ2n) is 13.3. The van der Waals surface area contributed by atoms with Crippen molar-refractivity contribution in [3.63, 3.8) is 0 Å². The zero-order valence-corrected chi connectivity index (χ0v) is 27.6. The molecule has 0 aliphatic rings. The van der Waals surface area contributed by atoms with E-state index >= 15 is 0 Å². The molecule has 11 rings (SSSR count). The van der Waals surface area contributed by atoms with Gasteiger partial charge in [-0.2, -0.15) is 0 Å². The van der Waals surface area contributed by atoms with Gasteiger partial charge in [0.05, 0.1) is 22.1 Å². The van der Waals surface area contributed by atoms with Crippen LogP contribution in [-0.4, -0.2) is 9.13 Å². The van der Waals surface area contributed by atoms with Gasteiger partial charge in [0.25, 0.3) is 0 Å². The van der Waals surface area contributed by atoms with Crippen molar-refractivity contribution in [2.24, 2.45) is 0 Å². The molecule has 3 nitrogen and oxygen atoms in total. The molecular weight excluding hydrogens is 621 g/mol.